The van der Waals surface area contributed by atoms with Crippen molar-refractivity contribution in [1.82, 2.24) is 24.6 Å². The van der Waals surface area contributed by atoms with Crippen LogP contribution in [0.4, 0.5) is 11.6 Å². The Kier molecular flexibility index (Phi) is 5.98. The second-order valence-electron chi connectivity index (χ2n) is 8.08. The van der Waals surface area contributed by atoms with Gasteiger partial charge in [0.25, 0.3) is 5.91 Å². The van der Waals surface area contributed by atoms with Gasteiger partial charge in [-0.1, -0.05) is 12.1 Å². The summed E-state index contributed by atoms with van der Waals surface area (Å²) < 4.78 is 6.96. The Balaban J connectivity index is 1.47. The van der Waals surface area contributed by atoms with Gasteiger partial charge in [0.05, 0.1) is 12.8 Å². The molecule has 0 spiro atoms. The molecule has 4 rings (SSSR count). The Bertz CT molecular complexity index is 1120. The van der Waals surface area contributed by atoms with Gasteiger partial charge in [-0.3, -0.25) is 9.48 Å². The molecule has 0 atom stereocenters. The summed E-state index contributed by atoms with van der Waals surface area (Å²) in [5.41, 5.74) is 2.24. The number of methoxy groups -OCH3 is 1. The highest BCUT2D eigenvalue weighted by Gasteiger charge is 2.26. The second-order valence-corrected chi connectivity index (χ2v) is 8.08. The summed E-state index contributed by atoms with van der Waals surface area (Å²) in [6.45, 7) is 4.58. The van der Waals surface area contributed by atoms with Crippen molar-refractivity contribution in [3.8, 4) is 17.0 Å². The summed E-state index contributed by atoms with van der Waals surface area (Å²) in [6, 6.07) is 11.5. The van der Waals surface area contributed by atoms with Crippen LogP contribution in [0.1, 0.15) is 16.3 Å². The maximum Gasteiger partial charge on any atom is 0.272 e. The molecule has 0 bridgehead atoms. The van der Waals surface area contributed by atoms with Crippen LogP contribution in [0, 0.1) is 6.92 Å². The van der Waals surface area contributed by atoms with Gasteiger partial charge in [0.1, 0.15) is 28.9 Å². The van der Waals surface area contributed by atoms with Crippen LogP contribution in [0.5, 0.6) is 5.75 Å². The fraction of sp³-hybridized carbons (Fsp3) is 0.391. The zero-order chi connectivity index (χ0) is 22.8. The van der Waals surface area contributed by atoms with Crippen LogP contribution in [0.15, 0.2) is 36.4 Å². The molecule has 0 unspecified atom stereocenters. The van der Waals surface area contributed by atoms with Crippen molar-refractivity contribution in [1.29, 1.82) is 0 Å². The van der Waals surface area contributed by atoms with Crippen molar-refractivity contribution in [3.63, 3.8) is 0 Å². The van der Waals surface area contributed by atoms with Crippen LogP contribution in [-0.4, -0.2) is 77.9 Å². The number of carbonyl (C=O) groups is 1. The number of nitrogens with zero attached hydrogens (tertiary/aromatic N) is 7. The molecule has 1 aromatic carbocycles. The number of ether oxygens (including phenoxy) is 1. The van der Waals surface area contributed by atoms with Gasteiger partial charge in [0.15, 0.2) is 0 Å². The molecule has 1 amide bonds. The smallest absolute Gasteiger partial charge is 0.272 e. The SMILES string of the molecule is COc1cccc(-c2cc(C(=O)N3CCN(c4cc(N(C)C)nc(C)n4)CC3)n(C)n2)c1. The van der Waals surface area contributed by atoms with Gasteiger partial charge in [-0.2, -0.15) is 5.10 Å². The van der Waals surface area contributed by atoms with Gasteiger partial charge >= 0.3 is 0 Å². The molecule has 168 valence electrons. The molecule has 1 aliphatic heterocycles. The number of aromatic nitrogens is 4. The Labute approximate surface area is 188 Å². The molecule has 32 heavy (non-hydrogen) atoms. The molecule has 3 heterocycles. The number of aryl methyl sites for hydroxylation is 2. The summed E-state index contributed by atoms with van der Waals surface area (Å²) in [5, 5.41) is 4.55. The first-order valence-electron chi connectivity index (χ1n) is 10.6. The summed E-state index contributed by atoms with van der Waals surface area (Å²) in [5.74, 6) is 3.26. The zero-order valence-electron chi connectivity index (χ0n) is 19.2. The van der Waals surface area contributed by atoms with E-state index in [9.17, 15) is 4.79 Å². The fourth-order valence-electron chi connectivity index (χ4n) is 3.82. The van der Waals surface area contributed by atoms with E-state index in [-0.39, 0.29) is 5.91 Å². The van der Waals surface area contributed by atoms with Crippen molar-refractivity contribution >= 4 is 17.5 Å². The third kappa shape index (κ3) is 4.37. The fourth-order valence-corrected chi connectivity index (χ4v) is 3.82. The van der Waals surface area contributed by atoms with Crippen LogP contribution < -0.4 is 14.5 Å². The number of benzene rings is 1. The number of hydrogen-bond donors (Lipinski definition) is 0. The average Bonchev–Trinajstić information content (AvgIpc) is 3.20. The van der Waals surface area contributed by atoms with Crippen molar-refractivity contribution < 1.29 is 9.53 Å². The van der Waals surface area contributed by atoms with Gasteiger partial charge in [-0.25, -0.2) is 9.97 Å². The molecule has 3 aromatic rings. The van der Waals surface area contributed by atoms with E-state index in [1.54, 1.807) is 18.8 Å². The van der Waals surface area contributed by atoms with Crippen LogP contribution in [0.25, 0.3) is 11.3 Å². The number of hydrogen-bond acceptors (Lipinski definition) is 7. The third-order valence-corrected chi connectivity index (χ3v) is 5.62. The minimum absolute atomic E-state index is 0.0124. The molecule has 9 heteroatoms. The van der Waals surface area contributed by atoms with Crippen molar-refractivity contribution in [2.45, 2.75) is 6.92 Å². The van der Waals surface area contributed by atoms with Crippen molar-refractivity contribution in [2.75, 3.05) is 57.2 Å². The summed E-state index contributed by atoms with van der Waals surface area (Å²) in [7, 11) is 7.38. The van der Waals surface area contributed by atoms with E-state index in [1.807, 2.05) is 67.2 Å². The van der Waals surface area contributed by atoms with E-state index in [2.05, 4.69) is 20.0 Å². The Morgan fingerprint density at radius 2 is 1.81 bits per heavy atom. The molecule has 0 aliphatic carbocycles. The summed E-state index contributed by atoms with van der Waals surface area (Å²) in [4.78, 5) is 28.3. The van der Waals surface area contributed by atoms with E-state index >= 15 is 0 Å². The Morgan fingerprint density at radius 1 is 1.06 bits per heavy atom. The van der Waals surface area contributed by atoms with Crippen molar-refractivity contribution in [2.24, 2.45) is 7.05 Å². The first-order chi connectivity index (χ1) is 15.4. The highest BCUT2D eigenvalue weighted by molar-refractivity contribution is 5.94. The maximum atomic E-state index is 13.2. The predicted molar refractivity (Wildman–Crippen MR) is 124 cm³/mol. The molecular weight excluding hydrogens is 406 g/mol. The van der Waals surface area contributed by atoms with Crippen LogP contribution in [0.3, 0.4) is 0 Å². The number of rotatable bonds is 5. The molecule has 1 fully saturated rings. The van der Waals surface area contributed by atoms with E-state index in [1.165, 1.54) is 0 Å². The molecule has 1 aliphatic rings. The van der Waals surface area contributed by atoms with Crippen LogP contribution in [-0.2, 0) is 7.05 Å². The average molecular weight is 436 g/mol. The highest BCUT2D eigenvalue weighted by atomic mass is 16.5. The highest BCUT2D eigenvalue weighted by Crippen LogP contribution is 2.24. The first kappa shape index (κ1) is 21.6. The van der Waals surface area contributed by atoms with Gasteiger partial charge in [0.2, 0.25) is 0 Å². The molecule has 0 saturated carbocycles. The summed E-state index contributed by atoms with van der Waals surface area (Å²) in [6.07, 6.45) is 0. The molecule has 2 aromatic heterocycles. The largest absolute Gasteiger partial charge is 0.497 e. The molecule has 1 saturated heterocycles. The minimum Gasteiger partial charge on any atom is -0.497 e. The lowest BCUT2D eigenvalue weighted by Crippen LogP contribution is -2.49. The normalized spacial score (nSPS) is 13.9. The predicted octanol–water partition coefficient (Wildman–Crippen LogP) is 2.22. The first-order valence-corrected chi connectivity index (χ1v) is 10.6. The van der Waals surface area contributed by atoms with Gasteiger partial charge in [-0.05, 0) is 25.1 Å². The van der Waals surface area contributed by atoms with Crippen LogP contribution >= 0.6 is 0 Å². The lowest BCUT2D eigenvalue weighted by atomic mass is 10.1. The number of anilines is 2. The molecular formula is C23H29N7O2. The molecule has 9 nitrogen and oxygen atoms in total. The number of piperazine rings is 1. The number of amides is 1. The zero-order valence-corrected chi connectivity index (χ0v) is 19.2. The second kappa shape index (κ2) is 8.86. The van der Waals surface area contributed by atoms with Gasteiger partial charge < -0.3 is 19.4 Å². The minimum atomic E-state index is -0.0124. The summed E-state index contributed by atoms with van der Waals surface area (Å²) >= 11 is 0. The lowest BCUT2D eigenvalue weighted by molar-refractivity contribution is 0.0735. The van der Waals surface area contributed by atoms with Crippen molar-refractivity contribution in [3.05, 3.63) is 47.9 Å². The van der Waals surface area contributed by atoms with E-state index < -0.39 is 0 Å². The third-order valence-electron chi connectivity index (χ3n) is 5.62. The van der Waals surface area contributed by atoms with E-state index in [0.717, 1.165) is 47.6 Å². The molecule has 0 radical (unpaired) electrons. The lowest BCUT2D eigenvalue weighted by Gasteiger charge is -2.35. The Hall–Kier alpha value is -3.62. The monoisotopic (exact) mass is 435 g/mol. The van der Waals surface area contributed by atoms with E-state index in [0.29, 0.717) is 18.8 Å². The quantitative estimate of drug-likeness (QED) is 0.608. The Morgan fingerprint density at radius 3 is 2.50 bits per heavy atom. The van der Waals surface area contributed by atoms with Crippen LogP contribution in [0.2, 0.25) is 0 Å². The molecule has 0 N–H and O–H groups in total. The van der Waals surface area contributed by atoms with Gasteiger partial charge in [0, 0.05) is 59.0 Å². The standard InChI is InChI=1S/C23H29N7O2/c1-16-24-21(27(2)3)15-22(25-16)29-9-11-30(12-10-29)23(31)20-14-19(26-28(20)4)17-7-6-8-18(13-17)32-5/h6-8,13-15H,9-12H2,1-5H3. The topological polar surface area (TPSA) is 79.6 Å². The van der Waals surface area contributed by atoms with E-state index in [4.69, 9.17) is 4.74 Å². The van der Waals surface area contributed by atoms with Gasteiger partial charge in [-0.15, -0.1) is 0 Å². The number of carbonyl (C=O) groups excluding carboxylic acids is 1. The maximum absolute atomic E-state index is 13.2.